The SMILES string of the molecule is CCc1oc2nc(-c3ccsc3)nn2c1C(=O)NCc1ccccc1. The topological polar surface area (TPSA) is 72.4 Å². The lowest BCUT2D eigenvalue weighted by molar-refractivity contribution is 0.0942. The molecule has 0 saturated carbocycles. The second-order valence-corrected chi connectivity index (χ2v) is 6.32. The van der Waals surface area contributed by atoms with Crippen molar-refractivity contribution in [3.8, 4) is 11.4 Å². The highest BCUT2D eigenvalue weighted by Gasteiger charge is 2.23. The van der Waals surface area contributed by atoms with Crippen molar-refractivity contribution in [1.29, 1.82) is 0 Å². The van der Waals surface area contributed by atoms with Crippen LogP contribution >= 0.6 is 11.3 Å². The molecule has 7 heteroatoms. The number of benzene rings is 1. The fourth-order valence-electron chi connectivity index (χ4n) is 2.62. The third kappa shape index (κ3) is 2.94. The van der Waals surface area contributed by atoms with Crippen LogP contribution < -0.4 is 5.32 Å². The van der Waals surface area contributed by atoms with Crippen molar-refractivity contribution in [2.45, 2.75) is 19.9 Å². The molecule has 0 radical (unpaired) electrons. The normalized spacial score (nSPS) is 11.1. The fourth-order valence-corrected chi connectivity index (χ4v) is 3.26. The van der Waals surface area contributed by atoms with Gasteiger partial charge < -0.3 is 9.73 Å². The molecule has 3 aromatic heterocycles. The monoisotopic (exact) mass is 352 g/mol. The Morgan fingerprint density at radius 3 is 2.84 bits per heavy atom. The van der Waals surface area contributed by atoms with Crippen LogP contribution in [0.5, 0.6) is 0 Å². The Kier molecular flexibility index (Phi) is 4.07. The maximum Gasteiger partial charge on any atom is 0.325 e. The lowest BCUT2D eigenvalue weighted by Crippen LogP contribution is -2.25. The summed E-state index contributed by atoms with van der Waals surface area (Å²) in [5, 5.41) is 11.3. The highest BCUT2D eigenvalue weighted by molar-refractivity contribution is 7.08. The molecule has 0 aliphatic rings. The number of aromatic nitrogens is 3. The molecule has 4 aromatic rings. The van der Waals surface area contributed by atoms with Crippen molar-refractivity contribution in [2.75, 3.05) is 0 Å². The maximum atomic E-state index is 12.7. The van der Waals surface area contributed by atoms with Gasteiger partial charge in [-0.2, -0.15) is 20.8 Å². The zero-order chi connectivity index (χ0) is 17.2. The van der Waals surface area contributed by atoms with Crippen LogP contribution in [0, 0.1) is 0 Å². The van der Waals surface area contributed by atoms with E-state index in [4.69, 9.17) is 4.42 Å². The summed E-state index contributed by atoms with van der Waals surface area (Å²) in [6.45, 7) is 2.38. The van der Waals surface area contributed by atoms with Gasteiger partial charge in [0.1, 0.15) is 5.76 Å². The minimum absolute atomic E-state index is 0.221. The van der Waals surface area contributed by atoms with Gasteiger partial charge in [0.05, 0.1) is 0 Å². The van der Waals surface area contributed by atoms with Crippen LogP contribution in [0.4, 0.5) is 0 Å². The summed E-state index contributed by atoms with van der Waals surface area (Å²) in [5.74, 6) is 1.25. The number of nitrogens with zero attached hydrogens (tertiary/aromatic N) is 3. The van der Waals surface area contributed by atoms with Crippen molar-refractivity contribution in [3.63, 3.8) is 0 Å². The van der Waals surface area contributed by atoms with E-state index < -0.39 is 0 Å². The largest absolute Gasteiger partial charge is 0.426 e. The van der Waals surface area contributed by atoms with Gasteiger partial charge in [-0.15, -0.1) is 5.10 Å². The van der Waals surface area contributed by atoms with E-state index >= 15 is 0 Å². The predicted molar refractivity (Wildman–Crippen MR) is 95.6 cm³/mol. The van der Waals surface area contributed by atoms with Crippen LogP contribution in [0.2, 0.25) is 0 Å². The molecule has 1 amide bonds. The first kappa shape index (κ1) is 15.6. The smallest absolute Gasteiger partial charge is 0.325 e. The average Bonchev–Trinajstić information content (AvgIpc) is 3.35. The minimum atomic E-state index is -0.221. The Morgan fingerprint density at radius 1 is 1.28 bits per heavy atom. The minimum Gasteiger partial charge on any atom is -0.426 e. The lowest BCUT2D eigenvalue weighted by Gasteiger charge is -2.05. The van der Waals surface area contributed by atoms with Gasteiger partial charge in [-0.3, -0.25) is 4.79 Å². The van der Waals surface area contributed by atoms with Crippen LogP contribution in [0.25, 0.3) is 17.2 Å². The third-order valence-corrected chi connectivity index (χ3v) is 4.56. The summed E-state index contributed by atoms with van der Waals surface area (Å²) in [7, 11) is 0. The summed E-state index contributed by atoms with van der Waals surface area (Å²) in [6.07, 6.45) is 0.590. The summed E-state index contributed by atoms with van der Waals surface area (Å²) in [6, 6.07) is 11.7. The third-order valence-electron chi connectivity index (χ3n) is 3.88. The maximum absolute atomic E-state index is 12.7. The molecule has 0 fully saturated rings. The van der Waals surface area contributed by atoms with Crippen molar-refractivity contribution >= 4 is 23.1 Å². The predicted octanol–water partition coefficient (Wildman–Crippen LogP) is 3.54. The standard InChI is InChI=1S/C18H16N4O2S/c1-2-14-15(17(23)19-10-12-6-4-3-5-7-12)22-18(24-14)20-16(21-22)13-8-9-25-11-13/h3-9,11H,2,10H2,1H3,(H,19,23). The summed E-state index contributed by atoms with van der Waals surface area (Å²) in [5.41, 5.74) is 2.35. The van der Waals surface area contributed by atoms with Gasteiger partial charge in [-0.05, 0) is 17.0 Å². The number of carbonyl (C=O) groups excluding carboxylic acids is 1. The molecule has 0 aliphatic carbocycles. The lowest BCUT2D eigenvalue weighted by atomic mass is 10.2. The van der Waals surface area contributed by atoms with Gasteiger partial charge in [-0.25, -0.2) is 0 Å². The molecule has 0 bridgehead atoms. The van der Waals surface area contributed by atoms with Gasteiger partial charge >= 0.3 is 5.84 Å². The number of carbonyl (C=O) groups is 1. The molecule has 0 spiro atoms. The number of rotatable bonds is 5. The first-order valence-electron chi connectivity index (χ1n) is 7.99. The number of nitrogens with one attached hydrogen (secondary N) is 1. The van der Waals surface area contributed by atoms with Crippen molar-refractivity contribution in [3.05, 3.63) is 64.2 Å². The second kappa shape index (κ2) is 6.52. The average molecular weight is 352 g/mol. The number of hydrogen-bond donors (Lipinski definition) is 1. The van der Waals surface area contributed by atoms with Crippen molar-refractivity contribution < 1.29 is 9.21 Å². The summed E-state index contributed by atoms with van der Waals surface area (Å²) >= 11 is 1.57. The van der Waals surface area contributed by atoms with Gasteiger partial charge in [0.25, 0.3) is 5.91 Å². The zero-order valence-electron chi connectivity index (χ0n) is 13.6. The summed E-state index contributed by atoms with van der Waals surface area (Å²) < 4.78 is 7.22. The molecular weight excluding hydrogens is 336 g/mol. The van der Waals surface area contributed by atoms with E-state index in [1.165, 1.54) is 4.52 Å². The van der Waals surface area contributed by atoms with Gasteiger partial charge in [0, 0.05) is 23.9 Å². The summed E-state index contributed by atoms with van der Waals surface area (Å²) in [4.78, 5) is 17.1. The quantitative estimate of drug-likeness (QED) is 0.596. The molecule has 6 nitrogen and oxygen atoms in total. The van der Waals surface area contributed by atoms with E-state index in [1.807, 2.05) is 54.1 Å². The Morgan fingerprint density at radius 2 is 2.12 bits per heavy atom. The van der Waals surface area contributed by atoms with Crippen LogP contribution in [0.3, 0.4) is 0 Å². The zero-order valence-corrected chi connectivity index (χ0v) is 14.4. The molecule has 1 aromatic carbocycles. The number of oxazole rings is 1. The Bertz CT molecular complexity index is 1000. The van der Waals surface area contributed by atoms with E-state index in [-0.39, 0.29) is 5.91 Å². The van der Waals surface area contributed by atoms with E-state index in [0.717, 1.165) is 11.1 Å². The first-order chi connectivity index (χ1) is 12.3. The molecule has 4 rings (SSSR count). The molecule has 3 heterocycles. The number of thiophene rings is 1. The van der Waals surface area contributed by atoms with Gasteiger partial charge in [-0.1, -0.05) is 37.3 Å². The van der Waals surface area contributed by atoms with E-state index in [1.54, 1.807) is 11.3 Å². The van der Waals surface area contributed by atoms with Crippen LogP contribution in [0.1, 0.15) is 28.7 Å². The highest BCUT2D eigenvalue weighted by Crippen LogP contribution is 2.22. The van der Waals surface area contributed by atoms with Crippen molar-refractivity contribution in [2.24, 2.45) is 0 Å². The molecule has 25 heavy (non-hydrogen) atoms. The Labute approximate surface area is 148 Å². The second-order valence-electron chi connectivity index (χ2n) is 5.54. The molecule has 0 aliphatic heterocycles. The van der Waals surface area contributed by atoms with Gasteiger partial charge in [0.2, 0.25) is 0 Å². The highest BCUT2D eigenvalue weighted by atomic mass is 32.1. The Balaban J connectivity index is 1.65. The Hall–Kier alpha value is -2.93. The molecular formula is C18H16N4O2S. The van der Waals surface area contributed by atoms with E-state index in [2.05, 4.69) is 15.4 Å². The molecule has 0 saturated heterocycles. The number of aryl methyl sites for hydroxylation is 1. The van der Waals surface area contributed by atoms with E-state index in [0.29, 0.717) is 36.1 Å². The molecule has 0 atom stereocenters. The van der Waals surface area contributed by atoms with Gasteiger partial charge in [0.15, 0.2) is 11.5 Å². The first-order valence-corrected chi connectivity index (χ1v) is 8.93. The fraction of sp³-hybridized carbons (Fsp3) is 0.167. The van der Waals surface area contributed by atoms with Crippen LogP contribution in [0.15, 0.2) is 51.6 Å². The molecule has 126 valence electrons. The van der Waals surface area contributed by atoms with Crippen molar-refractivity contribution in [1.82, 2.24) is 19.9 Å². The number of fused-ring (bicyclic) bond motifs is 1. The van der Waals surface area contributed by atoms with Crippen LogP contribution in [-0.2, 0) is 13.0 Å². The molecule has 1 N–H and O–H groups in total. The number of hydrogen-bond acceptors (Lipinski definition) is 5. The van der Waals surface area contributed by atoms with Crippen LogP contribution in [-0.4, -0.2) is 20.5 Å². The number of amides is 1. The molecule has 0 unspecified atom stereocenters. The van der Waals surface area contributed by atoms with E-state index in [9.17, 15) is 4.79 Å².